The van der Waals surface area contributed by atoms with Crippen LogP contribution in [0.25, 0.3) is 28.5 Å². The molecule has 4 aromatic rings. The van der Waals surface area contributed by atoms with Gasteiger partial charge in [-0.25, -0.2) is 9.97 Å². The van der Waals surface area contributed by atoms with E-state index in [1.165, 1.54) is 12.1 Å². The second-order valence-corrected chi connectivity index (χ2v) is 6.63. The van der Waals surface area contributed by atoms with Crippen molar-refractivity contribution in [1.82, 2.24) is 19.9 Å². The van der Waals surface area contributed by atoms with Crippen LogP contribution in [0.4, 0.5) is 5.69 Å². The monoisotopic (exact) mass is 397 g/mol. The molecule has 7 heteroatoms. The molecule has 0 saturated carbocycles. The van der Waals surface area contributed by atoms with Gasteiger partial charge in [-0.05, 0) is 36.8 Å². The quantitative estimate of drug-likeness (QED) is 0.501. The summed E-state index contributed by atoms with van der Waals surface area (Å²) in [6.45, 7) is 1.94. The van der Waals surface area contributed by atoms with Gasteiger partial charge in [0.25, 0.3) is 5.56 Å². The number of fused-ring (bicyclic) bond motifs is 1. The Morgan fingerprint density at radius 1 is 1.07 bits per heavy atom. The van der Waals surface area contributed by atoms with Crippen LogP contribution in [-0.4, -0.2) is 25.8 Å². The summed E-state index contributed by atoms with van der Waals surface area (Å²) >= 11 is 0. The Balaban J connectivity index is 1.50. The molecule has 0 spiro atoms. The summed E-state index contributed by atoms with van der Waals surface area (Å²) in [5.74, 6) is 0.170. The van der Waals surface area contributed by atoms with Crippen molar-refractivity contribution in [2.75, 3.05) is 5.32 Å². The van der Waals surface area contributed by atoms with Crippen LogP contribution in [0.15, 0.2) is 71.7 Å². The first-order valence-electron chi connectivity index (χ1n) is 9.52. The van der Waals surface area contributed by atoms with E-state index in [0.29, 0.717) is 34.9 Å². The topological polar surface area (TPSA) is 101 Å². The highest BCUT2D eigenvalue weighted by Gasteiger charge is 2.06. The Bertz CT molecular complexity index is 1310. The van der Waals surface area contributed by atoms with Gasteiger partial charge < -0.3 is 10.3 Å². The number of carbonyl (C=O) groups excluding carboxylic acids is 1. The van der Waals surface area contributed by atoms with Gasteiger partial charge in [-0.15, -0.1) is 0 Å². The number of H-pyrrole nitrogens is 1. The molecule has 30 heavy (non-hydrogen) atoms. The molecular formula is C23H19N5O2. The Hall–Kier alpha value is -4.13. The van der Waals surface area contributed by atoms with Gasteiger partial charge in [0.2, 0.25) is 5.91 Å². The molecule has 0 atom stereocenters. The molecule has 0 unspecified atom stereocenters. The van der Waals surface area contributed by atoms with Crippen LogP contribution in [0, 0.1) is 0 Å². The second kappa shape index (κ2) is 8.48. The summed E-state index contributed by atoms with van der Waals surface area (Å²) in [6, 6.07) is 16.2. The third kappa shape index (κ3) is 4.47. The molecule has 7 nitrogen and oxygen atoms in total. The predicted octanol–water partition coefficient (Wildman–Crippen LogP) is 3.59. The summed E-state index contributed by atoms with van der Waals surface area (Å²) < 4.78 is 0. The van der Waals surface area contributed by atoms with Crippen molar-refractivity contribution >= 4 is 28.7 Å². The zero-order chi connectivity index (χ0) is 20.9. The molecule has 0 bridgehead atoms. The van der Waals surface area contributed by atoms with Gasteiger partial charge in [-0.2, -0.15) is 0 Å². The van der Waals surface area contributed by atoms with Gasteiger partial charge in [0, 0.05) is 29.1 Å². The first-order valence-corrected chi connectivity index (χ1v) is 9.52. The minimum Gasteiger partial charge on any atom is -0.322 e. The molecule has 148 valence electrons. The third-order valence-corrected chi connectivity index (χ3v) is 4.43. The molecule has 2 aromatic carbocycles. The lowest BCUT2D eigenvalue weighted by atomic mass is 10.1. The van der Waals surface area contributed by atoms with Gasteiger partial charge in [0.1, 0.15) is 5.82 Å². The zero-order valence-corrected chi connectivity index (χ0v) is 16.3. The number of hydrogen-bond donors (Lipinski definition) is 2. The van der Waals surface area contributed by atoms with Crippen LogP contribution in [-0.2, 0) is 11.2 Å². The fourth-order valence-electron chi connectivity index (χ4n) is 2.97. The Morgan fingerprint density at radius 2 is 1.90 bits per heavy atom. The first-order chi connectivity index (χ1) is 14.6. The lowest BCUT2D eigenvalue weighted by Crippen LogP contribution is -2.10. The normalized spacial score (nSPS) is 11.1. The molecule has 0 saturated heterocycles. The summed E-state index contributed by atoms with van der Waals surface area (Å²) in [6.07, 6.45) is 5.30. The number of aromatic nitrogens is 4. The van der Waals surface area contributed by atoms with Gasteiger partial charge in [0.15, 0.2) is 0 Å². The van der Waals surface area contributed by atoms with E-state index in [1.807, 2.05) is 37.3 Å². The average Bonchev–Trinajstić information content (AvgIpc) is 2.77. The molecule has 0 fully saturated rings. The Labute approximate surface area is 172 Å². The van der Waals surface area contributed by atoms with Crippen LogP contribution in [0.1, 0.15) is 18.3 Å². The van der Waals surface area contributed by atoms with Crippen molar-refractivity contribution in [3.05, 3.63) is 88.6 Å². The van der Waals surface area contributed by atoms with Crippen molar-refractivity contribution in [3.63, 3.8) is 0 Å². The maximum atomic E-state index is 12.3. The first kappa shape index (κ1) is 19.2. The summed E-state index contributed by atoms with van der Waals surface area (Å²) in [5, 5.41) is 2.81. The van der Waals surface area contributed by atoms with E-state index in [-0.39, 0.29) is 11.5 Å². The maximum Gasteiger partial charge on any atom is 0.251 e. The van der Waals surface area contributed by atoms with Gasteiger partial charge in [-0.1, -0.05) is 31.2 Å². The van der Waals surface area contributed by atoms with Crippen LogP contribution < -0.4 is 10.9 Å². The molecular weight excluding hydrogens is 378 g/mol. The van der Waals surface area contributed by atoms with Crippen molar-refractivity contribution in [3.8, 4) is 11.4 Å². The third-order valence-electron chi connectivity index (χ3n) is 4.43. The van der Waals surface area contributed by atoms with E-state index in [1.54, 1.807) is 30.5 Å². The number of amides is 1. The average molecular weight is 397 g/mol. The molecule has 1 amide bonds. The number of aryl methyl sites for hydroxylation is 1. The SMILES string of the molecule is CCc1cc(=O)[nH]c(-c2cccc(NC(=O)C=Cc3cnc4ccccc4n3)c2)n1. The van der Waals surface area contributed by atoms with E-state index in [2.05, 4.69) is 25.3 Å². The van der Waals surface area contributed by atoms with E-state index >= 15 is 0 Å². The maximum absolute atomic E-state index is 12.3. The largest absolute Gasteiger partial charge is 0.322 e. The number of para-hydroxylation sites is 2. The second-order valence-electron chi connectivity index (χ2n) is 6.63. The highest BCUT2D eigenvalue weighted by atomic mass is 16.1. The lowest BCUT2D eigenvalue weighted by molar-refractivity contribution is -0.111. The van der Waals surface area contributed by atoms with Crippen LogP contribution in [0.5, 0.6) is 0 Å². The summed E-state index contributed by atoms with van der Waals surface area (Å²) in [7, 11) is 0. The summed E-state index contributed by atoms with van der Waals surface area (Å²) in [4.78, 5) is 40.1. The molecule has 0 aliphatic rings. The van der Waals surface area contributed by atoms with Crippen LogP contribution >= 0.6 is 0 Å². The highest BCUT2D eigenvalue weighted by Crippen LogP contribution is 2.19. The highest BCUT2D eigenvalue weighted by molar-refractivity contribution is 6.02. The Kier molecular flexibility index (Phi) is 5.43. The van der Waals surface area contributed by atoms with E-state index in [4.69, 9.17) is 0 Å². The lowest BCUT2D eigenvalue weighted by Gasteiger charge is -2.06. The molecule has 4 rings (SSSR count). The number of benzene rings is 2. The molecule has 2 aromatic heterocycles. The van der Waals surface area contributed by atoms with Crippen molar-refractivity contribution in [2.24, 2.45) is 0 Å². The minimum atomic E-state index is -0.300. The van der Waals surface area contributed by atoms with E-state index in [9.17, 15) is 9.59 Å². The summed E-state index contributed by atoms with van der Waals surface area (Å²) in [5.41, 5.74) is 3.98. The number of anilines is 1. The predicted molar refractivity (Wildman–Crippen MR) is 117 cm³/mol. The fourth-order valence-corrected chi connectivity index (χ4v) is 2.97. The molecule has 0 aliphatic carbocycles. The number of carbonyl (C=O) groups is 1. The number of nitrogens with one attached hydrogen (secondary N) is 2. The van der Waals surface area contributed by atoms with Gasteiger partial charge >= 0.3 is 0 Å². The smallest absolute Gasteiger partial charge is 0.251 e. The number of nitrogens with zero attached hydrogens (tertiary/aromatic N) is 3. The standard InChI is InChI=1S/C23H19N5O2/c1-2-16-13-22(30)28-23(27-16)15-6-5-7-17(12-15)26-21(29)11-10-18-14-24-19-8-3-4-9-20(19)25-18/h3-14H,2H2,1H3,(H,26,29)(H,27,28,30). The zero-order valence-electron chi connectivity index (χ0n) is 16.3. The number of rotatable bonds is 5. The Morgan fingerprint density at radius 3 is 2.73 bits per heavy atom. The van der Waals surface area contributed by atoms with E-state index in [0.717, 1.165) is 11.0 Å². The van der Waals surface area contributed by atoms with Crippen molar-refractivity contribution in [2.45, 2.75) is 13.3 Å². The number of aromatic amines is 1. The molecule has 2 N–H and O–H groups in total. The number of hydrogen-bond acceptors (Lipinski definition) is 5. The van der Waals surface area contributed by atoms with Gasteiger partial charge in [-0.3, -0.25) is 14.6 Å². The van der Waals surface area contributed by atoms with Gasteiger partial charge in [0.05, 0.1) is 22.9 Å². The molecule has 2 heterocycles. The minimum absolute atomic E-state index is 0.203. The molecule has 0 radical (unpaired) electrons. The van der Waals surface area contributed by atoms with E-state index < -0.39 is 0 Å². The van der Waals surface area contributed by atoms with Crippen LogP contribution in [0.3, 0.4) is 0 Å². The van der Waals surface area contributed by atoms with Crippen LogP contribution in [0.2, 0.25) is 0 Å². The van der Waals surface area contributed by atoms with Crippen molar-refractivity contribution < 1.29 is 4.79 Å². The van der Waals surface area contributed by atoms with Crippen molar-refractivity contribution in [1.29, 1.82) is 0 Å². The molecule has 0 aliphatic heterocycles. The fraction of sp³-hybridized carbons (Fsp3) is 0.0870.